The van der Waals surface area contributed by atoms with E-state index in [2.05, 4.69) is 0 Å². The molecular weight excluding hydrogens is 264 g/mol. The van der Waals surface area contributed by atoms with E-state index in [4.69, 9.17) is 18.9 Å². The minimum absolute atomic E-state index is 0.173. The average Bonchev–Trinajstić information content (AvgIpc) is 2.62. The lowest BCUT2D eigenvalue weighted by Crippen LogP contribution is -2.64. The van der Waals surface area contributed by atoms with Crippen molar-refractivity contribution < 1.29 is 28.5 Å². The second-order valence-electron chi connectivity index (χ2n) is 6.23. The van der Waals surface area contributed by atoms with Crippen molar-refractivity contribution in [1.82, 2.24) is 0 Å². The Kier molecular flexibility index (Phi) is 2.56. The third kappa shape index (κ3) is 1.50. The molecule has 1 spiro atoms. The zero-order valence-electron chi connectivity index (χ0n) is 11.4. The quantitative estimate of drug-likeness (QED) is 0.523. The summed E-state index contributed by atoms with van der Waals surface area (Å²) in [7, 11) is 0. The van der Waals surface area contributed by atoms with E-state index in [-0.39, 0.29) is 36.4 Å². The van der Waals surface area contributed by atoms with Crippen LogP contribution in [-0.2, 0) is 28.5 Å². The van der Waals surface area contributed by atoms with Crippen LogP contribution in [0, 0.1) is 11.8 Å². The van der Waals surface area contributed by atoms with Crippen LogP contribution in [0.1, 0.15) is 32.6 Å². The fourth-order valence-electron chi connectivity index (χ4n) is 4.40. The summed E-state index contributed by atoms with van der Waals surface area (Å²) in [5.74, 6) is -1.68. The Morgan fingerprint density at radius 1 is 1.25 bits per heavy atom. The van der Waals surface area contributed by atoms with Crippen molar-refractivity contribution in [3.05, 3.63) is 0 Å². The summed E-state index contributed by atoms with van der Waals surface area (Å²) in [5.41, 5.74) is -0.719. The van der Waals surface area contributed by atoms with Crippen LogP contribution in [0.25, 0.3) is 0 Å². The first-order valence-corrected chi connectivity index (χ1v) is 7.24. The van der Waals surface area contributed by atoms with Crippen LogP contribution < -0.4 is 0 Å². The van der Waals surface area contributed by atoms with Crippen molar-refractivity contribution in [3.63, 3.8) is 0 Å². The highest BCUT2D eigenvalue weighted by molar-refractivity contribution is 5.73. The third-order valence-corrected chi connectivity index (χ3v) is 5.16. The number of hydrogen-bond acceptors (Lipinski definition) is 6. The molecule has 4 fully saturated rings. The van der Waals surface area contributed by atoms with Gasteiger partial charge in [-0.05, 0) is 12.8 Å². The van der Waals surface area contributed by atoms with Crippen molar-refractivity contribution in [2.24, 2.45) is 11.8 Å². The molecule has 0 aromatic heterocycles. The molecule has 0 amide bonds. The van der Waals surface area contributed by atoms with Crippen LogP contribution in [0.5, 0.6) is 0 Å². The number of aldehydes is 1. The number of hydrogen-bond donors (Lipinski definition) is 0. The molecule has 0 aromatic carbocycles. The molecule has 3 aliphatic heterocycles. The molecule has 3 heterocycles. The average molecular weight is 282 g/mol. The third-order valence-electron chi connectivity index (χ3n) is 5.16. The first kappa shape index (κ1) is 12.7. The summed E-state index contributed by atoms with van der Waals surface area (Å²) in [6.45, 7) is 2.17. The highest BCUT2D eigenvalue weighted by Crippen LogP contribution is 2.57. The Morgan fingerprint density at radius 2 is 2.10 bits per heavy atom. The molecule has 1 saturated carbocycles. The van der Waals surface area contributed by atoms with Crippen LogP contribution in [0.2, 0.25) is 0 Å². The normalized spacial score (nSPS) is 53.8. The maximum atomic E-state index is 11.9. The van der Waals surface area contributed by atoms with Gasteiger partial charge in [-0.2, -0.15) is 0 Å². The molecule has 1 aliphatic carbocycles. The molecule has 4 aliphatic rings. The SMILES string of the molecule is CC12OCCC3OC(=O)CC4C(C=O)CCC(O1)C34O2. The van der Waals surface area contributed by atoms with Crippen molar-refractivity contribution >= 4 is 12.3 Å². The van der Waals surface area contributed by atoms with Crippen LogP contribution in [0.4, 0.5) is 0 Å². The molecule has 6 nitrogen and oxygen atoms in total. The number of esters is 1. The van der Waals surface area contributed by atoms with Crippen LogP contribution in [-0.4, -0.2) is 42.6 Å². The van der Waals surface area contributed by atoms with Gasteiger partial charge in [0.15, 0.2) is 0 Å². The minimum atomic E-state index is -1.08. The maximum absolute atomic E-state index is 11.9. The molecule has 6 unspecified atom stereocenters. The molecule has 20 heavy (non-hydrogen) atoms. The zero-order chi connectivity index (χ0) is 14.0. The van der Waals surface area contributed by atoms with Crippen molar-refractivity contribution in [2.45, 2.75) is 56.4 Å². The number of fused-ring (bicyclic) bond motifs is 1. The Morgan fingerprint density at radius 3 is 2.90 bits per heavy atom. The zero-order valence-corrected chi connectivity index (χ0v) is 11.4. The van der Waals surface area contributed by atoms with Gasteiger partial charge in [0.1, 0.15) is 18.0 Å². The lowest BCUT2D eigenvalue weighted by molar-refractivity contribution is -0.335. The summed E-state index contributed by atoms with van der Waals surface area (Å²) in [6.07, 6.45) is 2.65. The Labute approximate surface area is 116 Å². The Balaban J connectivity index is 1.82. The molecule has 6 heteroatoms. The van der Waals surface area contributed by atoms with E-state index in [0.29, 0.717) is 13.0 Å². The molecule has 2 bridgehead atoms. The second kappa shape index (κ2) is 4.02. The lowest BCUT2D eigenvalue weighted by atomic mass is 9.62. The summed E-state index contributed by atoms with van der Waals surface area (Å²) >= 11 is 0. The first-order valence-electron chi connectivity index (χ1n) is 7.24. The van der Waals surface area contributed by atoms with Gasteiger partial charge >= 0.3 is 5.97 Å². The van der Waals surface area contributed by atoms with Gasteiger partial charge in [-0.3, -0.25) is 4.79 Å². The highest BCUT2D eigenvalue weighted by Gasteiger charge is 2.70. The lowest BCUT2D eigenvalue weighted by Gasteiger charge is -2.51. The van der Waals surface area contributed by atoms with Crippen molar-refractivity contribution in [2.75, 3.05) is 6.61 Å². The molecule has 0 radical (unpaired) electrons. The molecule has 0 aromatic rings. The number of carbonyl (C=O) groups is 2. The number of rotatable bonds is 1. The predicted molar refractivity (Wildman–Crippen MR) is 64.4 cm³/mol. The molecular formula is C14H18O6. The Bertz CT molecular complexity index is 465. The molecule has 4 rings (SSSR count). The van der Waals surface area contributed by atoms with Gasteiger partial charge in [-0.15, -0.1) is 0 Å². The van der Waals surface area contributed by atoms with E-state index in [9.17, 15) is 9.59 Å². The summed E-state index contributed by atoms with van der Waals surface area (Å²) in [5, 5.41) is 0. The van der Waals surface area contributed by atoms with Gasteiger partial charge in [0, 0.05) is 25.2 Å². The van der Waals surface area contributed by atoms with Crippen LogP contribution in [0.3, 0.4) is 0 Å². The topological polar surface area (TPSA) is 71.1 Å². The fraction of sp³-hybridized carbons (Fsp3) is 0.857. The number of ether oxygens (including phenoxy) is 4. The van der Waals surface area contributed by atoms with E-state index in [1.54, 1.807) is 6.92 Å². The van der Waals surface area contributed by atoms with Gasteiger partial charge in [-0.25, -0.2) is 0 Å². The summed E-state index contributed by atoms with van der Waals surface area (Å²) < 4.78 is 23.3. The first-order chi connectivity index (χ1) is 9.57. The van der Waals surface area contributed by atoms with E-state index in [1.807, 2.05) is 0 Å². The van der Waals surface area contributed by atoms with Crippen LogP contribution >= 0.6 is 0 Å². The van der Waals surface area contributed by atoms with Gasteiger partial charge in [0.05, 0.1) is 19.1 Å². The second-order valence-corrected chi connectivity index (χ2v) is 6.23. The fourth-order valence-corrected chi connectivity index (χ4v) is 4.40. The van der Waals surface area contributed by atoms with E-state index < -0.39 is 11.6 Å². The standard InChI is InChI=1S/C14H18O6/c1-13-17-5-4-10-14(20-13)9(6-12(16)18-10)8(7-15)2-3-11(14)19-13/h7-11H,2-6H2,1H3. The van der Waals surface area contributed by atoms with Crippen molar-refractivity contribution in [1.29, 1.82) is 0 Å². The summed E-state index contributed by atoms with van der Waals surface area (Å²) in [6, 6.07) is 0. The van der Waals surface area contributed by atoms with E-state index in [0.717, 1.165) is 19.1 Å². The van der Waals surface area contributed by atoms with Gasteiger partial charge < -0.3 is 23.7 Å². The molecule has 0 N–H and O–H groups in total. The van der Waals surface area contributed by atoms with Gasteiger partial charge in [-0.1, -0.05) is 0 Å². The van der Waals surface area contributed by atoms with Crippen molar-refractivity contribution in [3.8, 4) is 0 Å². The highest BCUT2D eigenvalue weighted by atomic mass is 16.9. The Hall–Kier alpha value is -0.980. The largest absolute Gasteiger partial charge is 0.459 e. The molecule has 3 saturated heterocycles. The smallest absolute Gasteiger partial charge is 0.306 e. The summed E-state index contributed by atoms with van der Waals surface area (Å²) in [4.78, 5) is 23.3. The van der Waals surface area contributed by atoms with E-state index >= 15 is 0 Å². The predicted octanol–water partition coefficient (Wildman–Crippen LogP) is 0.775. The van der Waals surface area contributed by atoms with E-state index in [1.165, 1.54) is 0 Å². The van der Waals surface area contributed by atoms with Gasteiger partial charge in [0.25, 0.3) is 5.97 Å². The van der Waals surface area contributed by atoms with Crippen LogP contribution in [0.15, 0.2) is 0 Å². The molecule has 110 valence electrons. The maximum Gasteiger partial charge on any atom is 0.306 e. The minimum Gasteiger partial charge on any atom is -0.459 e. The molecule has 6 atom stereocenters. The monoisotopic (exact) mass is 282 g/mol. The van der Waals surface area contributed by atoms with Gasteiger partial charge in [0.2, 0.25) is 0 Å². The number of carbonyl (C=O) groups excluding carboxylic acids is 2.